The average molecular weight is 522 g/mol. The van der Waals surface area contributed by atoms with Gasteiger partial charge in [0.1, 0.15) is 5.75 Å². The molecule has 0 saturated heterocycles. The molecule has 3 rings (SSSR count). The van der Waals surface area contributed by atoms with Gasteiger partial charge in [0.05, 0.1) is 17.7 Å². The number of aryl methyl sites for hydroxylation is 1. The molecule has 2 aromatic carbocycles. The highest BCUT2D eigenvalue weighted by Crippen LogP contribution is 2.19. The summed E-state index contributed by atoms with van der Waals surface area (Å²) in [5.41, 5.74) is 5.85. The number of carbonyl (C=O) groups is 1. The fourth-order valence-corrected chi connectivity index (χ4v) is 5.31. The second-order valence-electron chi connectivity index (χ2n) is 10.0. The second kappa shape index (κ2) is 17.0. The zero-order valence-electron chi connectivity index (χ0n) is 22.8. The Morgan fingerprint density at radius 1 is 0.865 bits per heavy atom. The molecule has 1 N–H and O–H groups in total. The molecule has 200 valence electrons. The SMILES string of the molecule is CCCCCCCCCCCCCCOc1cccc(C(=O)Nc2ccccc2C[n+]2cscc2C)c1. The molecule has 37 heavy (non-hydrogen) atoms. The Labute approximate surface area is 228 Å². The summed E-state index contributed by atoms with van der Waals surface area (Å²) in [4.78, 5) is 13.0. The topological polar surface area (TPSA) is 42.2 Å². The number of nitrogens with one attached hydrogen (secondary N) is 1. The van der Waals surface area contributed by atoms with Crippen molar-refractivity contribution in [1.82, 2.24) is 0 Å². The monoisotopic (exact) mass is 521 g/mol. The predicted octanol–water partition coefficient (Wildman–Crippen LogP) is 8.72. The van der Waals surface area contributed by atoms with E-state index < -0.39 is 0 Å². The van der Waals surface area contributed by atoms with Gasteiger partial charge in [0.25, 0.3) is 5.91 Å². The number of amides is 1. The first-order valence-corrected chi connectivity index (χ1v) is 15.2. The lowest BCUT2D eigenvalue weighted by molar-refractivity contribution is -0.689. The van der Waals surface area contributed by atoms with Gasteiger partial charge in [-0.1, -0.05) is 113 Å². The van der Waals surface area contributed by atoms with Crippen molar-refractivity contribution in [1.29, 1.82) is 0 Å². The molecule has 4 nitrogen and oxygen atoms in total. The maximum absolute atomic E-state index is 13.0. The lowest BCUT2D eigenvalue weighted by atomic mass is 10.1. The fraction of sp³-hybridized carbons (Fsp3) is 0.500. The lowest BCUT2D eigenvalue weighted by Crippen LogP contribution is -2.34. The van der Waals surface area contributed by atoms with Crippen molar-refractivity contribution in [3.8, 4) is 5.75 Å². The van der Waals surface area contributed by atoms with Gasteiger partial charge in [-0.15, -0.1) is 0 Å². The van der Waals surface area contributed by atoms with Gasteiger partial charge in [0.15, 0.2) is 12.2 Å². The highest BCUT2D eigenvalue weighted by atomic mass is 32.1. The Bertz CT molecular complexity index is 1060. The van der Waals surface area contributed by atoms with E-state index in [9.17, 15) is 4.79 Å². The van der Waals surface area contributed by atoms with Crippen molar-refractivity contribution in [2.75, 3.05) is 11.9 Å². The summed E-state index contributed by atoms with van der Waals surface area (Å²) in [5.74, 6) is 0.642. The maximum Gasteiger partial charge on any atom is 0.255 e. The molecule has 0 unspecified atom stereocenters. The zero-order valence-corrected chi connectivity index (χ0v) is 23.7. The van der Waals surface area contributed by atoms with Gasteiger partial charge in [-0.2, -0.15) is 4.57 Å². The summed E-state index contributed by atoms with van der Waals surface area (Å²) >= 11 is 1.68. The average Bonchev–Trinajstić information content (AvgIpc) is 3.32. The van der Waals surface area contributed by atoms with E-state index in [2.05, 4.69) is 40.7 Å². The molecule has 5 heteroatoms. The van der Waals surface area contributed by atoms with Gasteiger partial charge in [0.2, 0.25) is 5.51 Å². The minimum Gasteiger partial charge on any atom is -0.494 e. The number of nitrogens with zero attached hydrogens (tertiary/aromatic N) is 1. The fourth-order valence-electron chi connectivity index (χ4n) is 4.53. The van der Waals surface area contributed by atoms with Crippen LogP contribution in [0.15, 0.2) is 59.4 Å². The van der Waals surface area contributed by atoms with Gasteiger partial charge in [-0.3, -0.25) is 4.79 Å². The zero-order chi connectivity index (χ0) is 26.1. The molecule has 1 aromatic heterocycles. The van der Waals surface area contributed by atoms with E-state index in [1.807, 2.05) is 42.5 Å². The molecular formula is C32H45N2O2S+. The van der Waals surface area contributed by atoms with Crippen molar-refractivity contribution < 1.29 is 14.1 Å². The maximum atomic E-state index is 13.0. The van der Waals surface area contributed by atoms with Crippen LogP contribution in [0.4, 0.5) is 5.69 Å². The second-order valence-corrected chi connectivity index (χ2v) is 10.7. The van der Waals surface area contributed by atoms with Crippen molar-refractivity contribution in [3.05, 3.63) is 76.2 Å². The molecule has 0 fully saturated rings. The van der Waals surface area contributed by atoms with Gasteiger partial charge in [-0.05, 0) is 30.7 Å². The highest BCUT2D eigenvalue weighted by molar-refractivity contribution is 7.07. The molecule has 3 aromatic rings. The Kier molecular flexibility index (Phi) is 13.3. The van der Waals surface area contributed by atoms with Gasteiger partial charge in [-0.25, -0.2) is 0 Å². The summed E-state index contributed by atoms with van der Waals surface area (Å²) in [6.07, 6.45) is 16.0. The van der Waals surface area contributed by atoms with Crippen LogP contribution in [-0.4, -0.2) is 12.5 Å². The molecule has 0 aliphatic heterocycles. The van der Waals surface area contributed by atoms with Crippen molar-refractivity contribution in [3.63, 3.8) is 0 Å². The lowest BCUT2D eigenvalue weighted by Gasteiger charge is -2.11. The Balaban J connectivity index is 1.35. The largest absolute Gasteiger partial charge is 0.494 e. The first-order chi connectivity index (χ1) is 18.2. The van der Waals surface area contributed by atoms with Crippen LogP contribution in [-0.2, 0) is 6.54 Å². The molecule has 0 aliphatic carbocycles. The number of hydrogen-bond acceptors (Lipinski definition) is 3. The highest BCUT2D eigenvalue weighted by Gasteiger charge is 2.14. The van der Waals surface area contributed by atoms with E-state index in [1.54, 1.807) is 11.3 Å². The number of hydrogen-bond donors (Lipinski definition) is 1. The number of benzene rings is 2. The van der Waals surface area contributed by atoms with Gasteiger partial charge >= 0.3 is 0 Å². The summed E-state index contributed by atoms with van der Waals surface area (Å²) in [6, 6.07) is 15.5. The first-order valence-electron chi connectivity index (χ1n) is 14.2. The van der Waals surface area contributed by atoms with Crippen LogP contribution in [0.2, 0.25) is 0 Å². The summed E-state index contributed by atoms with van der Waals surface area (Å²) in [5, 5.41) is 5.23. The first kappa shape index (κ1) is 28.9. The van der Waals surface area contributed by atoms with E-state index >= 15 is 0 Å². The number of aromatic nitrogens is 1. The molecule has 1 heterocycles. The van der Waals surface area contributed by atoms with Crippen molar-refractivity contribution in [2.45, 2.75) is 97.4 Å². The van der Waals surface area contributed by atoms with Crippen LogP contribution in [0, 0.1) is 6.92 Å². The summed E-state index contributed by atoms with van der Waals surface area (Å²) in [7, 11) is 0. The van der Waals surface area contributed by atoms with Gasteiger partial charge < -0.3 is 10.1 Å². The minimum atomic E-state index is -0.115. The van der Waals surface area contributed by atoms with Crippen molar-refractivity contribution in [2.24, 2.45) is 0 Å². The van der Waals surface area contributed by atoms with E-state index in [-0.39, 0.29) is 5.91 Å². The standard InChI is InChI=1S/C32H44N2O2S/c1-3-4-5-6-7-8-9-10-11-12-13-16-22-36-30-20-17-19-28(23-30)32(35)33-31-21-15-14-18-29(31)24-34-26-37-25-27(34)2/h14-15,17-21,23,25-26H,3-13,16,22,24H2,1-2H3/p+1. The van der Waals surface area contributed by atoms with E-state index in [0.29, 0.717) is 12.2 Å². The molecule has 0 radical (unpaired) electrons. The van der Waals surface area contributed by atoms with Crippen LogP contribution in [0.5, 0.6) is 5.75 Å². The van der Waals surface area contributed by atoms with Crippen LogP contribution in [0.3, 0.4) is 0 Å². The number of unbranched alkanes of at least 4 members (excludes halogenated alkanes) is 11. The third-order valence-electron chi connectivity index (χ3n) is 6.85. The third kappa shape index (κ3) is 10.7. The molecule has 0 atom stereocenters. The molecule has 0 saturated carbocycles. The smallest absolute Gasteiger partial charge is 0.255 e. The van der Waals surface area contributed by atoms with Crippen LogP contribution in [0.1, 0.15) is 106 Å². The molecule has 0 aliphatic rings. The molecular weight excluding hydrogens is 476 g/mol. The number of thiazole rings is 1. The number of carbonyl (C=O) groups excluding carboxylic acids is 1. The van der Waals surface area contributed by atoms with E-state index in [0.717, 1.165) is 30.0 Å². The number of ether oxygens (including phenoxy) is 1. The summed E-state index contributed by atoms with van der Waals surface area (Å²) < 4.78 is 8.16. The Morgan fingerprint density at radius 2 is 1.54 bits per heavy atom. The van der Waals surface area contributed by atoms with Gasteiger partial charge in [0, 0.05) is 18.1 Å². The number of anilines is 1. The quantitative estimate of drug-likeness (QED) is 0.134. The number of para-hydroxylation sites is 1. The predicted molar refractivity (Wildman–Crippen MR) is 156 cm³/mol. The Hall–Kier alpha value is -2.66. The number of rotatable bonds is 18. The van der Waals surface area contributed by atoms with Crippen LogP contribution < -0.4 is 14.6 Å². The van der Waals surface area contributed by atoms with Crippen LogP contribution in [0.25, 0.3) is 0 Å². The third-order valence-corrected chi connectivity index (χ3v) is 7.70. The molecule has 0 bridgehead atoms. The molecule has 1 amide bonds. The van der Waals surface area contributed by atoms with Crippen LogP contribution >= 0.6 is 11.3 Å². The summed E-state index contributed by atoms with van der Waals surface area (Å²) in [6.45, 7) is 5.80. The van der Waals surface area contributed by atoms with E-state index in [1.165, 1.54) is 76.3 Å². The molecule has 0 spiro atoms. The Morgan fingerprint density at radius 3 is 2.22 bits per heavy atom. The van der Waals surface area contributed by atoms with Crippen molar-refractivity contribution >= 4 is 22.9 Å². The van der Waals surface area contributed by atoms with E-state index in [4.69, 9.17) is 4.74 Å². The minimum absolute atomic E-state index is 0.115. The normalized spacial score (nSPS) is 11.0.